The molecule has 2 aromatic rings. The molecule has 0 amide bonds. The van der Waals surface area contributed by atoms with Gasteiger partial charge in [-0.1, -0.05) is 0 Å². The summed E-state index contributed by atoms with van der Waals surface area (Å²) in [4.78, 5) is 8.56. The highest BCUT2D eigenvalue weighted by molar-refractivity contribution is 5.62. The summed E-state index contributed by atoms with van der Waals surface area (Å²) in [7, 11) is 3.47. The minimum Gasteiger partial charge on any atom is -0.496 e. The predicted molar refractivity (Wildman–Crippen MR) is 77.3 cm³/mol. The van der Waals surface area contributed by atoms with E-state index < -0.39 is 0 Å². The minimum absolute atomic E-state index is 0.596. The van der Waals surface area contributed by atoms with Crippen LogP contribution in [0, 0.1) is 13.8 Å². The Hall–Kier alpha value is -2.30. The molecule has 0 aliphatic rings. The van der Waals surface area contributed by atoms with Gasteiger partial charge in [-0.15, -0.1) is 0 Å². The van der Waals surface area contributed by atoms with Crippen molar-refractivity contribution in [3.05, 3.63) is 35.5 Å². The third-order valence-corrected chi connectivity index (χ3v) is 2.85. The van der Waals surface area contributed by atoms with Crippen LogP contribution in [0.1, 0.15) is 11.1 Å². The molecular formula is C14H18N4O. The molecule has 0 radical (unpaired) electrons. The van der Waals surface area contributed by atoms with Crippen LogP contribution >= 0.6 is 0 Å². The molecule has 0 saturated carbocycles. The number of rotatable bonds is 4. The number of methoxy groups -OCH3 is 1. The van der Waals surface area contributed by atoms with Crippen molar-refractivity contribution in [2.45, 2.75) is 13.8 Å². The normalized spacial score (nSPS) is 10.1. The largest absolute Gasteiger partial charge is 0.496 e. The van der Waals surface area contributed by atoms with Gasteiger partial charge in [0.05, 0.1) is 7.11 Å². The molecule has 19 heavy (non-hydrogen) atoms. The molecule has 0 saturated heterocycles. The number of aromatic nitrogens is 2. The lowest BCUT2D eigenvalue weighted by Crippen LogP contribution is -2.02. The maximum atomic E-state index is 5.25. The summed E-state index contributed by atoms with van der Waals surface area (Å²) in [6.07, 6.45) is 1.79. The van der Waals surface area contributed by atoms with Crippen LogP contribution in [0.2, 0.25) is 0 Å². The third-order valence-electron chi connectivity index (χ3n) is 2.85. The van der Waals surface area contributed by atoms with Crippen LogP contribution < -0.4 is 15.4 Å². The molecule has 0 aliphatic heterocycles. The lowest BCUT2D eigenvalue weighted by atomic mass is 10.2. The molecule has 2 N–H and O–H groups in total. The average molecular weight is 258 g/mol. The molecule has 100 valence electrons. The molecule has 5 heteroatoms. The van der Waals surface area contributed by atoms with E-state index in [1.54, 1.807) is 20.4 Å². The van der Waals surface area contributed by atoms with Gasteiger partial charge in [0.2, 0.25) is 5.95 Å². The maximum Gasteiger partial charge on any atom is 0.224 e. The molecule has 0 atom stereocenters. The number of hydrogen-bond acceptors (Lipinski definition) is 5. The number of anilines is 3. The molecule has 0 aliphatic carbocycles. The van der Waals surface area contributed by atoms with E-state index in [4.69, 9.17) is 4.74 Å². The van der Waals surface area contributed by atoms with Gasteiger partial charge in [-0.25, -0.2) is 4.98 Å². The average Bonchev–Trinajstić information content (AvgIpc) is 2.41. The molecule has 0 fully saturated rings. The standard InChI is InChI=1S/C14H18N4O/c1-9-7-11(5-6-12(9)19-4)17-13-10(2)8-16-14(15-3)18-13/h5-8H,1-4H3,(H2,15,16,17,18). The van der Waals surface area contributed by atoms with Gasteiger partial charge in [-0.2, -0.15) is 4.98 Å². The zero-order valence-corrected chi connectivity index (χ0v) is 11.6. The van der Waals surface area contributed by atoms with E-state index in [-0.39, 0.29) is 0 Å². The van der Waals surface area contributed by atoms with Gasteiger partial charge in [0.15, 0.2) is 0 Å². The molecule has 1 heterocycles. The van der Waals surface area contributed by atoms with Crippen molar-refractivity contribution < 1.29 is 4.74 Å². The molecular weight excluding hydrogens is 240 g/mol. The quantitative estimate of drug-likeness (QED) is 0.883. The van der Waals surface area contributed by atoms with E-state index >= 15 is 0 Å². The Kier molecular flexibility index (Phi) is 3.85. The van der Waals surface area contributed by atoms with E-state index in [1.165, 1.54) is 0 Å². The summed E-state index contributed by atoms with van der Waals surface area (Å²) in [6.45, 7) is 3.98. The molecule has 1 aromatic heterocycles. The fraction of sp³-hybridized carbons (Fsp3) is 0.286. The van der Waals surface area contributed by atoms with Gasteiger partial charge < -0.3 is 15.4 Å². The Bertz CT molecular complexity index is 584. The topological polar surface area (TPSA) is 59.1 Å². The van der Waals surface area contributed by atoms with Crippen molar-refractivity contribution in [2.24, 2.45) is 0 Å². The first-order chi connectivity index (χ1) is 9.13. The van der Waals surface area contributed by atoms with Gasteiger partial charge >= 0.3 is 0 Å². The second-order valence-corrected chi connectivity index (χ2v) is 4.28. The Labute approximate surface area is 113 Å². The first-order valence-corrected chi connectivity index (χ1v) is 6.07. The number of hydrogen-bond donors (Lipinski definition) is 2. The zero-order chi connectivity index (χ0) is 13.8. The van der Waals surface area contributed by atoms with Gasteiger partial charge in [-0.3, -0.25) is 0 Å². The molecule has 5 nitrogen and oxygen atoms in total. The molecule has 1 aromatic carbocycles. The van der Waals surface area contributed by atoms with E-state index in [9.17, 15) is 0 Å². The van der Waals surface area contributed by atoms with Crippen LogP contribution in [0.15, 0.2) is 24.4 Å². The summed E-state index contributed by atoms with van der Waals surface area (Å²) in [5.74, 6) is 2.27. The lowest BCUT2D eigenvalue weighted by Gasteiger charge is -2.11. The highest BCUT2D eigenvalue weighted by atomic mass is 16.5. The summed E-state index contributed by atoms with van der Waals surface area (Å²) >= 11 is 0. The van der Waals surface area contributed by atoms with Crippen LogP contribution in [0.4, 0.5) is 17.5 Å². The number of benzene rings is 1. The fourth-order valence-electron chi connectivity index (χ4n) is 1.78. The number of aryl methyl sites for hydroxylation is 2. The third kappa shape index (κ3) is 2.93. The monoisotopic (exact) mass is 258 g/mol. The van der Waals surface area contributed by atoms with Crippen LogP contribution in [0.25, 0.3) is 0 Å². The highest BCUT2D eigenvalue weighted by Crippen LogP contribution is 2.24. The summed E-state index contributed by atoms with van der Waals surface area (Å²) in [5.41, 5.74) is 3.04. The molecule has 0 spiro atoms. The second kappa shape index (κ2) is 5.56. The van der Waals surface area contributed by atoms with Gasteiger partial charge in [0, 0.05) is 24.5 Å². The molecule has 0 unspecified atom stereocenters. The lowest BCUT2D eigenvalue weighted by molar-refractivity contribution is 0.412. The van der Waals surface area contributed by atoms with Crippen LogP contribution in [0.3, 0.4) is 0 Å². The van der Waals surface area contributed by atoms with Crippen LogP contribution in [-0.4, -0.2) is 24.1 Å². The number of nitrogens with zero attached hydrogens (tertiary/aromatic N) is 2. The Morgan fingerprint density at radius 1 is 1.16 bits per heavy atom. The maximum absolute atomic E-state index is 5.25. The van der Waals surface area contributed by atoms with Crippen LogP contribution in [-0.2, 0) is 0 Å². The summed E-state index contributed by atoms with van der Waals surface area (Å²) < 4.78 is 5.25. The van der Waals surface area contributed by atoms with E-state index in [2.05, 4.69) is 20.6 Å². The number of nitrogens with one attached hydrogen (secondary N) is 2. The molecule has 2 rings (SSSR count). The van der Waals surface area contributed by atoms with Crippen molar-refractivity contribution in [1.82, 2.24) is 9.97 Å². The first-order valence-electron chi connectivity index (χ1n) is 6.07. The van der Waals surface area contributed by atoms with Crippen molar-refractivity contribution in [3.8, 4) is 5.75 Å². The van der Waals surface area contributed by atoms with E-state index in [0.717, 1.165) is 28.4 Å². The SMILES string of the molecule is CNc1ncc(C)c(Nc2ccc(OC)c(C)c2)n1. The van der Waals surface area contributed by atoms with E-state index in [1.807, 2.05) is 32.0 Å². The van der Waals surface area contributed by atoms with Gasteiger partial charge in [-0.05, 0) is 37.6 Å². The van der Waals surface area contributed by atoms with Crippen molar-refractivity contribution in [1.29, 1.82) is 0 Å². The second-order valence-electron chi connectivity index (χ2n) is 4.28. The number of ether oxygens (including phenoxy) is 1. The van der Waals surface area contributed by atoms with Gasteiger partial charge in [0.25, 0.3) is 0 Å². The van der Waals surface area contributed by atoms with Crippen molar-refractivity contribution in [3.63, 3.8) is 0 Å². The zero-order valence-electron chi connectivity index (χ0n) is 11.6. The van der Waals surface area contributed by atoms with E-state index in [0.29, 0.717) is 5.95 Å². The van der Waals surface area contributed by atoms with Crippen molar-refractivity contribution >= 4 is 17.5 Å². The first kappa shape index (κ1) is 13.1. The predicted octanol–water partition coefficient (Wildman–Crippen LogP) is 2.89. The van der Waals surface area contributed by atoms with Crippen LogP contribution in [0.5, 0.6) is 5.75 Å². The summed E-state index contributed by atoms with van der Waals surface area (Å²) in [5, 5.41) is 6.22. The van der Waals surface area contributed by atoms with Crippen molar-refractivity contribution in [2.75, 3.05) is 24.8 Å². The molecule has 0 bridgehead atoms. The Morgan fingerprint density at radius 3 is 2.58 bits per heavy atom. The Morgan fingerprint density at radius 2 is 1.95 bits per heavy atom. The highest BCUT2D eigenvalue weighted by Gasteiger charge is 2.05. The minimum atomic E-state index is 0.596. The van der Waals surface area contributed by atoms with Gasteiger partial charge in [0.1, 0.15) is 11.6 Å². The summed E-state index contributed by atoms with van der Waals surface area (Å²) in [6, 6.07) is 5.93. The smallest absolute Gasteiger partial charge is 0.224 e. The Balaban J connectivity index is 2.28. The fourth-order valence-corrected chi connectivity index (χ4v) is 1.78.